The number of aromatic nitrogens is 3. The van der Waals surface area contributed by atoms with Gasteiger partial charge in [-0.05, 0) is 5.92 Å². The molecule has 1 amide bonds. The van der Waals surface area contributed by atoms with Crippen LogP contribution in [0, 0.1) is 0 Å². The van der Waals surface area contributed by atoms with Crippen LogP contribution < -0.4 is 0 Å². The van der Waals surface area contributed by atoms with Gasteiger partial charge in [-0.2, -0.15) is 4.98 Å². The number of benzene rings is 1. The predicted octanol–water partition coefficient (Wildman–Crippen LogP) is 3.68. The maximum atomic E-state index is 12.7. The molecule has 0 saturated carbocycles. The largest absolute Gasteiger partial charge is 0.351 e. The number of carbonyl (C=O) groups excluding carboxylic acids is 1. The lowest BCUT2D eigenvalue weighted by molar-refractivity contribution is 0.0703. The van der Waals surface area contributed by atoms with Gasteiger partial charge in [0.2, 0.25) is 17.5 Å². The highest BCUT2D eigenvalue weighted by Gasteiger charge is 2.23. The van der Waals surface area contributed by atoms with Gasteiger partial charge in [-0.1, -0.05) is 60.6 Å². The topological polar surface area (TPSA) is 85.3 Å². The van der Waals surface area contributed by atoms with E-state index in [2.05, 4.69) is 21.9 Å². The molecular weight excluding hydrogens is 332 g/mol. The van der Waals surface area contributed by atoms with E-state index in [0.29, 0.717) is 18.3 Å². The molecular formula is C19H20N4O3. The highest BCUT2D eigenvalue weighted by Crippen LogP contribution is 2.18. The third kappa shape index (κ3) is 3.88. The minimum absolute atomic E-state index is 0.155. The van der Waals surface area contributed by atoms with Crippen LogP contribution in [-0.2, 0) is 6.54 Å². The van der Waals surface area contributed by atoms with E-state index in [1.54, 1.807) is 12.1 Å². The molecule has 0 saturated heterocycles. The van der Waals surface area contributed by atoms with Crippen molar-refractivity contribution < 1.29 is 13.8 Å². The van der Waals surface area contributed by atoms with Gasteiger partial charge >= 0.3 is 0 Å². The monoisotopic (exact) mass is 352 g/mol. The molecule has 2 aromatic heterocycles. The van der Waals surface area contributed by atoms with Crippen LogP contribution in [0.2, 0.25) is 0 Å². The molecule has 7 nitrogen and oxygen atoms in total. The van der Waals surface area contributed by atoms with Gasteiger partial charge in [0, 0.05) is 18.2 Å². The minimum Gasteiger partial charge on any atom is -0.351 e. The molecule has 0 bridgehead atoms. The number of rotatable bonds is 7. The minimum atomic E-state index is -0.302. The fraction of sp³-hybridized carbons (Fsp3) is 0.263. The average Bonchev–Trinajstić information content (AvgIpc) is 3.31. The van der Waals surface area contributed by atoms with E-state index in [1.807, 2.05) is 44.2 Å². The summed E-state index contributed by atoms with van der Waals surface area (Å²) in [5, 5.41) is 7.90. The number of nitrogens with zero attached hydrogens (tertiary/aromatic N) is 4. The first kappa shape index (κ1) is 17.6. The Bertz CT molecular complexity index is 883. The summed E-state index contributed by atoms with van der Waals surface area (Å²) in [6, 6.07) is 11.2. The zero-order valence-electron chi connectivity index (χ0n) is 14.8. The third-order valence-electron chi connectivity index (χ3n) is 3.79. The highest BCUT2D eigenvalue weighted by atomic mass is 16.5. The molecule has 26 heavy (non-hydrogen) atoms. The molecule has 3 rings (SSSR count). The second kappa shape index (κ2) is 7.77. The van der Waals surface area contributed by atoms with Crippen molar-refractivity contribution in [2.45, 2.75) is 26.3 Å². The number of carbonyl (C=O) groups is 1. The highest BCUT2D eigenvalue weighted by molar-refractivity contribution is 5.91. The molecule has 2 heterocycles. The van der Waals surface area contributed by atoms with Crippen molar-refractivity contribution in [3.63, 3.8) is 0 Å². The normalized spacial score (nSPS) is 10.9. The fourth-order valence-electron chi connectivity index (χ4n) is 2.38. The lowest BCUT2D eigenvalue weighted by Crippen LogP contribution is -2.30. The van der Waals surface area contributed by atoms with Gasteiger partial charge in [-0.15, -0.1) is 6.58 Å². The average molecular weight is 352 g/mol. The lowest BCUT2D eigenvalue weighted by atomic mass is 10.1. The van der Waals surface area contributed by atoms with Crippen LogP contribution in [0.15, 0.2) is 58.1 Å². The molecule has 134 valence electrons. The summed E-state index contributed by atoms with van der Waals surface area (Å²) in [6.45, 7) is 8.14. The number of hydrogen-bond donors (Lipinski definition) is 0. The molecule has 7 heteroatoms. The van der Waals surface area contributed by atoms with E-state index in [9.17, 15) is 4.79 Å². The molecule has 1 aromatic carbocycles. The van der Waals surface area contributed by atoms with Gasteiger partial charge in [-0.3, -0.25) is 4.79 Å². The van der Waals surface area contributed by atoms with Crippen LogP contribution >= 0.6 is 0 Å². The summed E-state index contributed by atoms with van der Waals surface area (Å²) >= 11 is 0. The molecule has 0 unspecified atom stereocenters. The Morgan fingerprint density at radius 1 is 1.23 bits per heavy atom. The summed E-state index contributed by atoms with van der Waals surface area (Å²) in [5.41, 5.74) is 1.58. The fourth-order valence-corrected chi connectivity index (χ4v) is 2.38. The van der Waals surface area contributed by atoms with Gasteiger partial charge in [-0.25, -0.2) is 0 Å². The van der Waals surface area contributed by atoms with Crippen LogP contribution in [-0.4, -0.2) is 32.6 Å². The molecule has 0 aliphatic rings. The van der Waals surface area contributed by atoms with E-state index < -0.39 is 0 Å². The summed E-state index contributed by atoms with van der Waals surface area (Å²) in [7, 11) is 0. The molecule has 0 atom stereocenters. The first-order valence-electron chi connectivity index (χ1n) is 8.33. The summed E-state index contributed by atoms with van der Waals surface area (Å²) in [4.78, 5) is 18.6. The molecule has 0 aliphatic carbocycles. The van der Waals surface area contributed by atoms with Crippen molar-refractivity contribution in [2.24, 2.45) is 0 Å². The summed E-state index contributed by atoms with van der Waals surface area (Å²) < 4.78 is 10.5. The second-order valence-corrected chi connectivity index (χ2v) is 6.12. The predicted molar refractivity (Wildman–Crippen MR) is 95.3 cm³/mol. The Labute approximate surface area is 151 Å². The quantitative estimate of drug-likeness (QED) is 0.603. The van der Waals surface area contributed by atoms with Crippen molar-refractivity contribution in [2.75, 3.05) is 6.54 Å². The van der Waals surface area contributed by atoms with Gasteiger partial charge in [0.1, 0.15) is 6.54 Å². The molecule has 0 N–H and O–H groups in total. The van der Waals surface area contributed by atoms with Crippen molar-refractivity contribution in [3.05, 3.63) is 66.4 Å². The maximum Gasteiger partial charge on any atom is 0.293 e. The van der Waals surface area contributed by atoms with Crippen molar-refractivity contribution in [3.8, 4) is 11.4 Å². The number of amides is 1. The first-order chi connectivity index (χ1) is 12.6. The van der Waals surface area contributed by atoms with E-state index in [-0.39, 0.29) is 24.1 Å². The third-order valence-corrected chi connectivity index (χ3v) is 3.79. The van der Waals surface area contributed by atoms with E-state index in [0.717, 1.165) is 11.3 Å². The molecule has 0 aliphatic heterocycles. The number of hydrogen-bond acceptors (Lipinski definition) is 6. The van der Waals surface area contributed by atoms with Gasteiger partial charge in [0.15, 0.2) is 0 Å². The van der Waals surface area contributed by atoms with Crippen LogP contribution in [0.5, 0.6) is 0 Å². The first-order valence-corrected chi connectivity index (χ1v) is 8.33. The van der Waals surface area contributed by atoms with Gasteiger partial charge in [0.25, 0.3) is 5.91 Å². The van der Waals surface area contributed by atoms with E-state index in [1.165, 1.54) is 4.90 Å². The maximum absolute atomic E-state index is 12.7. The SMILES string of the molecule is C=CCN(Cc1nc(-c2ccccc2)no1)C(=O)c1cc(C(C)C)no1. The molecule has 0 radical (unpaired) electrons. The Morgan fingerprint density at radius 3 is 2.65 bits per heavy atom. The Morgan fingerprint density at radius 2 is 2.00 bits per heavy atom. The van der Waals surface area contributed by atoms with Gasteiger partial charge in [0.05, 0.1) is 5.69 Å². The summed E-state index contributed by atoms with van der Waals surface area (Å²) in [6.07, 6.45) is 1.63. The van der Waals surface area contributed by atoms with Crippen LogP contribution in [0.1, 0.15) is 41.9 Å². The zero-order chi connectivity index (χ0) is 18.5. The molecule has 0 fully saturated rings. The standard InChI is InChI=1S/C19H20N4O3/c1-4-10-23(19(24)16-11-15(13(2)3)21-25-16)12-17-20-18(22-26-17)14-8-6-5-7-9-14/h4-9,11,13H,1,10,12H2,2-3H3. The Hall–Kier alpha value is -3.22. The van der Waals surface area contributed by atoms with Crippen molar-refractivity contribution in [1.82, 2.24) is 20.2 Å². The second-order valence-electron chi connectivity index (χ2n) is 6.12. The molecule has 3 aromatic rings. The van der Waals surface area contributed by atoms with Gasteiger partial charge < -0.3 is 13.9 Å². The Kier molecular flexibility index (Phi) is 5.26. The van der Waals surface area contributed by atoms with E-state index in [4.69, 9.17) is 9.05 Å². The Balaban J connectivity index is 1.77. The van der Waals surface area contributed by atoms with Crippen molar-refractivity contribution in [1.29, 1.82) is 0 Å². The lowest BCUT2D eigenvalue weighted by Gasteiger charge is -2.16. The van der Waals surface area contributed by atoms with Crippen LogP contribution in [0.4, 0.5) is 0 Å². The van der Waals surface area contributed by atoms with Crippen LogP contribution in [0.3, 0.4) is 0 Å². The summed E-state index contributed by atoms with van der Waals surface area (Å²) in [5.74, 6) is 0.871. The van der Waals surface area contributed by atoms with E-state index >= 15 is 0 Å². The smallest absolute Gasteiger partial charge is 0.293 e. The molecule has 0 spiro atoms. The van der Waals surface area contributed by atoms with Crippen LogP contribution in [0.25, 0.3) is 11.4 Å². The zero-order valence-corrected chi connectivity index (χ0v) is 14.8. The van der Waals surface area contributed by atoms with Crippen molar-refractivity contribution >= 4 is 5.91 Å².